The zero-order valence-corrected chi connectivity index (χ0v) is 13.8. The second-order valence-electron chi connectivity index (χ2n) is 5.36. The number of hydrogen-bond acceptors (Lipinski definition) is 5. The molecule has 0 bridgehead atoms. The van der Waals surface area contributed by atoms with Crippen LogP contribution >= 0.6 is 0 Å². The number of nitrogens with zero attached hydrogens (tertiary/aromatic N) is 2. The van der Waals surface area contributed by atoms with E-state index in [1.807, 2.05) is 0 Å². The lowest BCUT2D eigenvalue weighted by Crippen LogP contribution is -2.40. The number of aromatic nitrogens is 1. The van der Waals surface area contributed by atoms with Crippen molar-refractivity contribution in [3.05, 3.63) is 54.0 Å². The van der Waals surface area contributed by atoms with Crippen LogP contribution in [0.1, 0.15) is 5.56 Å². The van der Waals surface area contributed by atoms with Crippen molar-refractivity contribution in [1.82, 2.24) is 9.29 Å². The lowest BCUT2D eigenvalue weighted by Gasteiger charge is -2.26. The minimum atomic E-state index is -3.48. The lowest BCUT2D eigenvalue weighted by atomic mass is 10.2. The minimum absolute atomic E-state index is 0.261. The van der Waals surface area contributed by atoms with Gasteiger partial charge in [-0.15, -0.1) is 0 Å². The van der Waals surface area contributed by atoms with Gasteiger partial charge in [0.1, 0.15) is 5.82 Å². The maximum absolute atomic E-state index is 13.0. The molecule has 1 fully saturated rings. The van der Waals surface area contributed by atoms with Gasteiger partial charge in [-0.05, 0) is 29.8 Å². The Morgan fingerprint density at radius 2 is 1.83 bits per heavy atom. The van der Waals surface area contributed by atoms with Crippen molar-refractivity contribution in [3.63, 3.8) is 0 Å². The van der Waals surface area contributed by atoms with Crippen LogP contribution in [0.2, 0.25) is 0 Å². The molecule has 0 radical (unpaired) electrons. The Hall–Kier alpha value is -2.03. The topological polar surface area (TPSA) is 71.5 Å². The van der Waals surface area contributed by atoms with Gasteiger partial charge < -0.3 is 10.1 Å². The number of halogens is 1. The van der Waals surface area contributed by atoms with E-state index in [1.165, 1.54) is 10.4 Å². The summed E-state index contributed by atoms with van der Waals surface area (Å²) in [6.07, 6.45) is 0. The van der Waals surface area contributed by atoms with Crippen molar-refractivity contribution in [1.29, 1.82) is 0 Å². The fraction of sp³-hybridized carbons (Fsp3) is 0.312. The summed E-state index contributed by atoms with van der Waals surface area (Å²) in [4.78, 5) is 3.98. The molecule has 0 spiro atoms. The summed E-state index contributed by atoms with van der Waals surface area (Å²) >= 11 is 0. The average Bonchev–Trinajstić information content (AvgIpc) is 2.61. The number of morpholine rings is 1. The molecule has 0 amide bonds. The molecule has 0 saturated carbocycles. The molecule has 2 heterocycles. The van der Waals surface area contributed by atoms with E-state index in [2.05, 4.69) is 10.3 Å². The molecule has 1 aliphatic rings. The largest absolute Gasteiger partial charge is 0.379 e. The van der Waals surface area contributed by atoms with Gasteiger partial charge in [-0.2, -0.15) is 8.70 Å². The van der Waals surface area contributed by atoms with Gasteiger partial charge in [0.15, 0.2) is 0 Å². The molecule has 128 valence electrons. The molecule has 1 saturated heterocycles. The molecule has 3 rings (SSSR count). The second-order valence-corrected chi connectivity index (χ2v) is 7.30. The third-order valence-electron chi connectivity index (χ3n) is 3.72. The molecular weight excluding hydrogens is 333 g/mol. The highest BCUT2D eigenvalue weighted by Crippen LogP contribution is 2.18. The third kappa shape index (κ3) is 3.89. The Morgan fingerprint density at radius 1 is 1.12 bits per heavy atom. The highest BCUT2D eigenvalue weighted by atomic mass is 32.2. The summed E-state index contributed by atoms with van der Waals surface area (Å²) < 4.78 is 44.7. The van der Waals surface area contributed by atoms with Crippen LogP contribution in [-0.2, 0) is 21.3 Å². The number of pyridine rings is 1. The normalized spacial score (nSPS) is 16.0. The number of nitrogens with one attached hydrogen (secondary N) is 1. The van der Waals surface area contributed by atoms with Crippen LogP contribution in [0.15, 0.2) is 47.4 Å². The predicted octanol–water partition coefficient (Wildman–Crippen LogP) is 1.85. The molecule has 1 aromatic heterocycles. The summed E-state index contributed by atoms with van der Waals surface area (Å²) in [6, 6.07) is 11.2. The van der Waals surface area contributed by atoms with Crippen molar-refractivity contribution in [2.45, 2.75) is 11.4 Å². The molecule has 1 aliphatic heterocycles. The molecular formula is C16H18FN3O3S. The number of sulfonamides is 1. The third-order valence-corrected chi connectivity index (χ3v) is 5.63. The summed E-state index contributed by atoms with van der Waals surface area (Å²) in [5, 5.41) is 3.00. The summed E-state index contributed by atoms with van der Waals surface area (Å²) in [6.45, 7) is 2.01. The van der Waals surface area contributed by atoms with Gasteiger partial charge in [0.25, 0.3) is 0 Å². The molecule has 0 unspecified atom stereocenters. The van der Waals surface area contributed by atoms with E-state index in [1.54, 1.807) is 36.4 Å². The minimum Gasteiger partial charge on any atom is -0.379 e. The van der Waals surface area contributed by atoms with Gasteiger partial charge in [0, 0.05) is 19.6 Å². The molecule has 24 heavy (non-hydrogen) atoms. The molecule has 8 heteroatoms. The van der Waals surface area contributed by atoms with Crippen molar-refractivity contribution in [2.24, 2.45) is 0 Å². The molecule has 1 aromatic carbocycles. The van der Waals surface area contributed by atoms with Crippen molar-refractivity contribution >= 4 is 15.8 Å². The van der Waals surface area contributed by atoms with E-state index < -0.39 is 16.0 Å². The Balaban J connectivity index is 1.66. The van der Waals surface area contributed by atoms with E-state index in [-0.39, 0.29) is 4.90 Å². The van der Waals surface area contributed by atoms with Gasteiger partial charge >= 0.3 is 0 Å². The number of ether oxygens (including phenoxy) is 1. The number of anilines is 1. The number of rotatable bonds is 5. The molecule has 2 aromatic rings. The van der Waals surface area contributed by atoms with E-state index >= 15 is 0 Å². The fourth-order valence-electron chi connectivity index (χ4n) is 2.41. The van der Waals surface area contributed by atoms with Crippen LogP contribution in [-0.4, -0.2) is 44.0 Å². The predicted molar refractivity (Wildman–Crippen MR) is 87.5 cm³/mol. The van der Waals surface area contributed by atoms with Crippen molar-refractivity contribution in [2.75, 3.05) is 31.6 Å². The summed E-state index contributed by atoms with van der Waals surface area (Å²) in [5.74, 6) is -0.119. The standard InChI is InChI=1S/C16H18FN3O3S/c17-15-2-1-3-16(19-15)18-12-13-4-6-14(7-5-13)24(21,22)20-8-10-23-11-9-20/h1-7H,8-12H2,(H,18,19). The molecule has 0 atom stereocenters. The molecule has 6 nitrogen and oxygen atoms in total. The number of hydrogen-bond donors (Lipinski definition) is 1. The van der Waals surface area contributed by atoms with Crippen LogP contribution in [0.25, 0.3) is 0 Å². The zero-order valence-electron chi connectivity index (χ0n) is 13.0. The SMILES string of the molecule is O=S(=O)(c1ccc(CNc2cccc(F)n2)cc1)N1CCOCC1. The highest BCUT2D eigenvalue weighted by Gasteiger charge is 2.25. The number of benzene rings is 1. The molecule has 0 aliphatic carbocycles. The highest BCUT2D eigenvalue weighted by molar-refractivity contribution is 7.89. The first-order valence-corrected chi connectivity index (χ1v) is 9.03. The van der Waals surface area contributed by atoms with E-state index in [4.69, 9.17) is 4.74 Å². The maximum Gasteiger partial charge on any atom is 0.243 e. The Kier molecular flexibility index (Phi) is 5.08. The van der Waals surface area contributed by atoms with Gasteiger partial charge in [0.2, 0.25) is 16.0 Å². The van der Waals surface area contributed by atoms with E-state index in [0.29, 0.717) is 38.7 Å². The first-order valence-electron chi connectivity index (χ1n) is 7.59. The average molecular weight is 351 g/mol. The van der Waals surface area contributed by atoms with Gasteiger partial charge in [-0.25, -0.2) is 13.4 Å². The lowest BCUT2D eigenvalue weighted by molar-refractivity contribution is 0.0730. The maximum atomic E-state index is 13.0. The monoisotopic (exact) mass is 351 g/mol. The van der Waals surface area contributed by atoms with Gasteiger partial charge in [-0.3, -0.25) is 0 Å². The quantitative estimate of drug-likeness (QED) is 0.833. The Labute approximate surface area is 140 Å². The van der Waals surface area contributed by atoms with Crippen LogP contribution in [0.4, 0.5) is 10.2 Å². The summed E-state index contributed by atoms with van der Waals surface area (Å²) in [5.41, 5.74) is 0.877. The van der Waals surface area contributed by atoms with Gasteiger partial charge in [0.05, 0.1) is 18.1 Å². The fourth-order valence-corrected chi connectivity index (χ4v) is 3.82. The smallest absolute Gasteiger partial charge is 0.243 e. The Morgan fingerprint density at radius 3 is 2.50 bits per heavy atom. The zero-order chi connectivity index (χ0) is 17.0. The van der Waals surface area contributed by atoms with Crippen LogP contribution in [0.5, 0.6) is 0 Å². The van der Waals surface area contributed by atoms with Gasteiger partial charge in [-0.1, -0.05) is 18.2 Å². The first kappa shape index (κ1) is 16.8. The van der Waals surface area contributed by atoms with Crippen molar-refractivity contribution in [3.8, 4) is 0 Å². The molecule has 1 N–H and O–H groups in total. The van der Waals surface area contributed by atoms with E-state index in [0.717, 1.165) is 5.56 Å². The van der Waals surface area contributed by atoms with Crippen molar-refractivity contribution < 1.29 is 17.5 Å². The van der Waals surface area contributed by atoms with Crippen LogP contribution in [0.3, 0.4) is 0 Å². The Bertz CT molecular complexity index is 790. The summed E-state index contributed by atoms with van der Waals surface area (Å²) in [7, 11) is -3.48. The van der Waals surface area contributed by atoms with E-state index in [9.17, 15) is 12.8 Å². The van der Waals surface area contributed by atoms with Crippen LogP contribution < -0.4 is 5.32 Å². The first-order chi connectivity index (χ1) is 11.6. The second kappa shape index (κ2) is 7.25. The van der Waals surface area contributed by atoms with Crippen LogP contribution in [0, 0.1) is 5.95 Å².